The zero-order chi connectivity index (χ0) is 12.8. The molecule has 0 aliphatic carbocycles. The molecule has 0 amide bonds. The van der Waals surface area contributed by atoms with Crippen molar-refractivity contribution in [1.82, 2.24) is 0 Å². The van der Waals surface area contributed by atoms with Crippen LogP contribution in [0.15, 0.2) is 29.2 Å². The first-order valence-corrected chi connectivity index (χ1v) is 7.11. The van der Waals surface area contributed by atoms with Crippen molar-refractivity contribution in [2.24, 2.45) is 0 Å². The number of benzene rings is 1. The fraction of sp³-hybridized carbons (Fsp3) is 0.455. The van der Waals surface area contributed by atoms with E-state index in [1.807, 2.05) is 6.07 Å². The van der Waals surface area contributed by atoms with Crippen molar-refractivity contribution in [3.05, 3.63) is 24.3 Å². The van der Waals surface area contributed by atoms with E-state index in [-0.39, 0.29) is 4.90 Å². The maximum Gasteiger partial charge on any atom is 0.502 e. The van der Waals surface area contributed by atoms with Crippen LogP contribution in [0.4, 0.5) is 0 Å². The molecule has 0 saturated carbocycles. The highest BCUT2D eigenvalue weighted by molar-refractivity contribution is 7.79. The predicted octanol–water partition coefficient (Wildman–Crippen LogP) is -0.422. The summed E-state index contributed by atoms with van der Waals surface area (Å²) in [6, 6.07) is 6.87. The molecule has 1 aromatic rings. The molecule has 2 heterocycles. The van der Waals surface area contributed by atoms with E-state index < -0.39 is 17.8 Å². The smallest absolute Gasteiger partial charge is 0.502 e. The SMILES string of the molecule is C[N+]12CCO[B-]1(c1cccc(S(=O)[O-])c1)OCC2. The number of hydrogen-bond donors (Lipinski definition) is 0. The lowest BCUT2D eigenvalue weighted by Gasteiger charge is -2.43. The second kappa shape index (κ2) is 4.14. The molecule has 7 heteroatoms. The number of hydrogen-bond acceptors (Lipinski definition) is 4. The molecular formula is C11H15BNO4S-. The minimum Gasteiger partial charge on any atom is -0.768 e. The first-order chi connectivity index (χ1) is 8.57. The molecule has 2 fully saturated rings. The van der Waals surface area contributed by atoms with E-state index in [4.69, 9.17) is 9.31 Å². The summed E-state index contributed by atoms with van der Waals surface area (Å²) in [5.74, 6) is 0. The van der Waals surface area contributed by atoms with Crippen LogP contribution < -0.4 is 5.46 Å². The van der Waals surface area contributed by atoms with E-state index in [0.717, 1.165) is 22.9 Å². The minimum absolute atomic E-state index is 0.279. The zero-order valence-electron chi connectivity index (χ0n) is 10.2. The molecule has 5 nitrogen and oxygen atoms in total. The van der Waals surface area contributed by atoms with Crippen molar-refractivity contribution in [3.63, 3.8) is 0 Å². The van der Waals surface area contributed by atoms with Gasteiger partial charge in [-0.05, 0) is 17.1 Å². The molecule has 2 aliphatic heterocycles. The number of fused-ring (bicyclic) bond motifs is 1. The normalized spacial score (nSPS) is 36.6. The van der Waals surface area contributed by atoms with Crippen molar-refractivity contribution in [1.29, 1.82) is 0 Å². The molecule has 0 bridgehead atoms. The molecule has 0 aromatic heterocycles. The number of quaternary nitrogens is 1. The average molecular weight is 268 g/mol. The van der Waals surface area contributed by atoms with Gasteiger partial charge in [0.1, 0.15) is 0 Å². The van der Waals surface area contributed by atoms with Gasteiger partial charge in [0, 0.05) is 11.9 Å². The molecule has 0 N–H and O–H groups in total. The molecule has 18 heavy (non-hydrogen) atoms. The van der Waals surface area contributed by atoms with Gasteiger partial charge >= 0.3 is 6.69 Å². The van der Waals surface area contributed by atoms with Crippen LogP contribution in [0.25, 0.3) is 0 Å². The van der Waals surface area contributed by atoms with Crippen LogP contribution >= 0.6 is 0 Å². The Bertz CT molecular complexity index is 500. The van der Waals surface area contributed by atoms with E-state index in [2.05, 4.69) is 7.05 Å². The molecule has 1 aromatic carbocycles. The van der Waals surface area contributed by atoms with Gasteiger partial charge in [0.2, 0.25) is 0 Å². The predicted molar refractivity (Wildman–Crippen MR) is 66.8 cm³/mol. The summed E-state index contributed by atoms with van der Waals surface area (Å²) in [7, 11) is 2.11. The lowest BCUT2D eigenvalue weighted by atomic mass is 9.61. The third-order valence-corrected chi connectivity index (χ3v) is 4.82. The fourth-order valence-electron chi connectivity index (χ4n) is 3.10. The lowest BCUT2D eigenvalue weighted by molar-refractivity contribution is -0.798. The van der Waals surface area contributed by atoms with E-state index >= 15 is 0 Å². The van der Waals surface area contributed by atoms with Crippen LogP contribution in [0.3, 0.4) is 0 Å². The highest BCUT2D eigenvalue weighted by Crippen LogP contribution is 2.32. The van der Waals surface area contributed by atoms with Gasteiger partial charge in [-0.25, -0.2) is 0 Å². The Balaban J connectivity index is 2.09. The summed E-state index contributed by atoms with van der Waals surface area (Å²) in [4.78, 5) is 0.279. The van der Waals surface area contributed by atoms with Crippen molar-refractivity contribution >= 4 is 23.2 Å². The van der Waals surface area contributed by atoms with Crippen molar-refractivity contribution in [2.45, 2.75) is 4.90 Å². The molecule has 0 radical (unpaired) electrons. The van der Waals surface area contributed by atoms with E-state index in [9.17, 15) is 8.76 Å². The first-order valence-electron chi connectivity index (χ1n) is 6.03. The monoisotopic (exact) mass is 268 g/mol. The van der Waals surface area contributed by atoms with Crippen LogP contribution in [0, 0.1) is 0 Å². The van der Waals surface area contributed by atoms with E-state index in [0.29, 0.717) is 13.2 Å². The van der Waals surface area contributed by atoms with Gasteiger partial charge in [-0.1, -0.05) is 23.7 Å². The number of nitrogens with zero attached hydrogens (tertiary/aromatic N) is 1. The topological polar surface area (TPSA) is 58.6 Å². The fourth-order valence-corrected chi connectivity index (χ4v) is 3.52. The Hall–Kier alpha value is -0.725. The van der Waals surface area contributed by atoms with Crippen molar-refractivity contribution in [3.8, 4) is 0 Å². The van der Waals surface area contributed by atoms with Crippen LogP contribution in [-0.2, 0) is 20.4 Å². The minimum atomic E-state index is -2.22. The van der Waals surface area contributed by atoms with Gasteiger partial charge in [0.25, 0.3) is 0 Å². The van der Waals surface area contributed by atoms with Crippen LogP contribution in [0.2, 0.25) is 0 Å². The summed E-state index contributed by atoms with van der Waals surface area (Å²) in [5, 5.41) is 0. The van der Waals surface area contributed by atoms with Crippen LogP contribution in [0.5, 0.6) is 0 Å². The lowest BCUT2D eigenvalue weighted by Crippen LogP contribution is -2.67. The highest BCUT2D eigenvalue weighted by Gasteiger charge is 2.57. The Morgan fingerprint density at radius 2 is 2.00 bits per heavy atom. The Morgan fingerprint density at radius 3 is 2.61 bits per heavy atom. The first kappa shape index (κ1) is 12.3. The second-order valence-corrected chi connectivity index (χ2v) is 6.09. The van der Waals surface area contributed by atoms with Gasteiger partial charge in [-0.3, -0.25) is 4.21 Å². The van der Waals surface area contributed by atoms with Gasteiger partial charge in [-0.15, -0.1) is 0 Å². The number of likely N-dealkylation sites (N-methyl/N-ethyl adjacent to an activating group) is 1. The maximum absolute atomic E-state index is 11.1. The Labute approximate surface area is 109 Å². The van der Waals surface area contributed by atoms with Gasteiger partial charge in [0.05, 0.1) is 26.3 Å². The standard InChI is InChI=1S/C11H16BNO4S/c1-13-5-7-16-12(13,17-8-6-13)10-3-2-4-11(9-10)18(14)15/h2-4,9H,5-8H2,1H3,(H,14,15)/p-1. The third kappa shape index (κ3) is 1.59. The molecule has 1 unspecified atom stereocenters. The molecule has 2 aliphatic rings. The summed E-state index contributed by atoms with van der Waals surface area (Å²) in [5.41, 5.74) is 0.842. The zero-order valence-corrected chi connectivity index (χ0v) is 11.0. The average Bonchev–Trinajstić information content (AvgIpc) is 2.83. The molecule has 2 saturated heterocycles. The quantitative estimate of drug-likeness (QED) is 0.540. The maximum atomic E-state index is 11.1. The number of rotatable bonds is 2. The molecule has 1 atom stereocenters. The van der Waals surface area contributed by atoms with Crippen LogP contribution in [0.1, 0.15) is 0 Å². The van der Waals surface area contributed by atoms with Crippen molar-refractivity contribution < 1.29 is 22.5 Å². The summed E-state index contributed by atoms with van der Waals surface area (Å²) in [6.07, 6.45) is 0. The summed E-state index contributed by atoms with van der Waals surface area (Å²) in [6.45, 7) is 1.54. The van der Waals surface area contributed by atoms with Crippen LogP contribution in [-0.4, -0.2) is 53.2 Å². The molecular weight excluding hydrogens is 253 g/mol. The summed E-state index contributed by atoms with van der Waals surface area (Å²) >= 11 is -2.22. The molecule has 3 rings (SSSR count). The van der Waals surface area contributed by atoms with Gasteiger partial charge in [0.15, 0.2) is 0 Å². The highest BCUT2D eigenvalue weighted by atomic mass is 32.2. The Morgan fingerprint density at radius 1 is 1.33 bits per heavy atom. The Kier molecular flexibility index (Phi) is 2.83. The third-order valence-electron chi connectivity index (χ3n) is 4.18. The largest absolute Gasteiger partial charge is 0.768 e. The van der Waals surface area contributed by atoms with Gasteiger partial charge in [-0.2, -0.15) is 0 Å². The molecule has 98 valence electrons. The molecule has 0 spiro atoms. The summed E-state index contributed by atoms with van der Waals surface area (Å²) < 4.78 is 34.6. The van der Waals surface area contributed by atoms with Gasteiger partial charge < -0.3 is 18.3 Å². The van der Waals surface area contributed by atoms with E-state index in [1.165, 1.54) is 0 Å². The van der Waals surface area contributed by atoms with E-state index in [1.54, 1.807) is 18.2 Å². The second-order valence-electron chi connectivity index (χ2n) is 5.15. The van der Waals surface area contributed by atoms with Crippen molar-refractivity contribution in [2.75, 3.05) is 33.4 Å².